The summed E-state index contributed by atoms with van der Waals surface area (Å²) in [6.45, 7) is 3.78. The summed E-state index contributed by atoms with van der Waals surface area (Å²) >= 11 is 0. The second kappa shape index (κ2) is 9.04. The Morgan fingerprint density at radius 2 is 1.87 bits per heavy atom. The standard InChI is InChI=1S/C23H34N4O3/c1-25-13-18(16-6-3-2-4-7-16)22-19(25)14-27(11-9-20(22)28)23(30)17-8-5-10-26(12-17)15-21(24)29/h2-4,6-7,17-20,22,28H,5,8-15H2,1H3,(H2,24,29)/t17?,18-,19+,20+,22-/m0/s1. The van der Waals surface area contributed by atoms with Gasteiger partial charge in [-0.15, -0.1) is 0 Å². The predicted octanol–water partition coefficient (Wildman–Crippen LogP) is 0.491. The van der Waals surface area contributed by atoms with Gasteiger partial charge in [-0.05, 0) is 38.4 Å². The molecule has 30 heavy (non-hydrogen) atoms. The highest BCUT2D eigenvalue weighted by Crippen LogP contribution is 2.41. The van der Waals surface area contributed by atoms with Crippen LogP contribution in [-0.2, 0) is 9.59 Å². The van der Waals surface area contributed by atoms with Crippen LogP contribution in [0.15, 0.2) is 30.3 Å². The third-order valence-electron chi connectivity index (χ3n) is 7.28. The molecule has 0 aromatic heterocycles. The first-order valence-corrected chi connectivity index (χ1v) is 11.2. The number of nitrogens with zero attached hydrogens (tertiary/aromatic N) is 3. The molecule has 3 N–H and O–H groups in total. The van der Waals surface area contributed by atoms with E-state index in [4.69, 9.17) is 5.73 Å². The molecule has 0 spiro atoms. The Kier molecular flexibility index (Phi) is 6.41. The Labute approximate surface area is 178 Å². The van der Waals surface area contributed by atoms with Crippen molar-refractivity contribution in [1.29, 1.82) is 0 Å². The Morgan fingerprint density at radius 1 is 1.10 bits per heavy atom. The minimum atomic E-state index is -0.416. The van der Waals surface area contributed by atoms with E-state index in [1.54, 1.807) is 0 Å². The molecule has 3 aliphatic heterocycles. The topological polar surface area (TPSA) is 90.1 Å². The van der Waals surface area contributed by atoms with Crippen LogP contribution in [0.3, 0.4) is 0 Å². The fraction of sp³-hybridized carbons (Fsp3) is 0.652. The molecule has 7 nitrogen and oxygen atoms in total. The van der Waals surface area contributed by atoms with E-state index in [1.165, 1.54) is 5.56 Å². The minimum absolute atomic E-state index is 0.0941. The first kappa shape index (κ1) is 21.3. The second-order valence-corrected chi connectivity index (χ2v) is 9.28. The number of aliphatic hydroxyl groups is 1. The highest BCUT2D eigenvalue weighted by molar-refractivity contribution is 5.80. The largest absolute Gasteiger partial charge is 0.393 e. The number of likely N-dealkylation sites (tertiary alicyclic amines) is 3. The normalized spacial score (nSPS) is 33.1. The summed E-state index contributed by atoms with van der Waals surface area (Å²) in [5.74, 6) is 0.139. The molecule has 7 heteroatoms. The Bertz CT molecular complexity index is 758. The van der Waals surface area contributed by atoms with Gasteiger partial charge in [-0.1, -0.05) is 30.3 Å². The van der Waals surface area contributed by atoms with Gasteiger partial charge in [0.1, 0.15) is 0 Å². The average molecular weight is 415 g/mol. The van der Waals surface area contributed by atoms with Crippen molar-refractivity contribution >= 4 is 11.8 Å². The van der Waals surface area contributed by atoms with Gasteiger partial charge in [-0.3, -0.25) is 14.5 Å². The fourth-order valence-electron chi connectivity index (χ4n) is 5.82. The van der Waals surface area contributed by atoms with E-state index in [0.29, 0.717) is 26.1 Å². The monoisotopic (exact) mass is 414 g/mol. The van der Waals surface area contributed by atoms with Gasteiger partial charge in [-0.25, -0.2) is 0 Å². The number of likely N-dealkylation sites (N-methyl/N-ethyl adjacent to an activating group) is 1. The summed E-state index contributed by atoms with van der Waals surface area (Å²) in [6.07, 6.45) is 1.95. The Balaban J connectivity index is 1.47. The Hall–Kier alpha value is -1.96. The maximum atomic E-state index is 13.4. The summed E-state index contributed by atoms with van der Waals surface area (Å²) in [5.41, 5.74) is 6.62. The number of rotatable bonds is 4. The van der Waals surface area contributed by atoms with Gasteiger partial charge in [0.25, 0.3) is 0 Å². The van der Waals surface area contributed by atoms with Crippen LogP contribution in [0.2, 0.25) is 0 Å². The number of hydrogen-bond donors (Lipinski definition) is 2. The molecule has 3 saturated heterocycles. The van der Waals surface area contributed by atoms with Crippen molar-refractivity contribution in [3.63, 3.8) is 0 Å². The molecule has 1 unspecified atom stereocenters. The summed E-state index contributed by atoms with van der Waals surface area (Å²) in [5, 5.41) is 11.0. The maximum absolute atomic E-state index is 13.4. The quantitative estimate of drug-likeness (QED) is 0.749. The van der Waals surface area contributed by atoms with Gasteiger partial charge in [-0.2, -0.15) is 0 Å². The molecule has 3 aliphatic rings. The molecule has 0 radical (unpaired) electrons. The highest BCUT2D eigenvalue weighted by Gasteiger charge is 2.47. The van der Waals surface area contributed by atoms with Crippen LogP contribution < -0.4 is 5.73 Å². The fourth-order valence-corrected chi connectivity index (χ4v) is 5.82. The number of fused-ring (bicyclic) bond motifs is 1. The smallest absolute Gasteiger partial charge is 0.231 e. The lowest BCUT2D eigenvalue weighted by Gasteiger charge is -2.35. The van der Waals surface area contributed by atoms with Crippen molar-refractivity contribution in [2.45, 2.75) is 37.3 Å². The number of nitrogens with two attached hydrogens (primary N) is 1. The van der Waals surface area contributed by atoms with Crippen LogP contribution in [0.5, 0.6) is 0 Å². The first-order chi connectivity index (χ1) is 14.4. The number of hydrogen-bond acceptors (Lipinski definition) is 5. The van der Waals surface area contributed by atoms with Crippen LogP contribution in [0, 0.1) is 11.8 Å². The number of benzene rings is 1. The molecule has 1 aromatic carbocycles. The lowest BCUT2D eigenvalue weighted by Crippen LogP contribution is -2.49. The molecule has 0 aliphatic carbocycles. The van der Waals surface area contributed by atoms with Gasteiger partial charge in [0.15, 0.2) is 0 Å². The van der Waals surface area contributed by atoms with Gasteiger partial charge >= 0.3 is 0 Å². The van der Waals surface area contributed by atoms with E-state index in [0.717, 1.165) is 25.9 Å². The minimum Gasteiger partial charge on any atom is -0.393 e. The molecule has 3 fully saturated rings. The van der Waals surface area contributed by atoms with E-state index < -0.39 is 6.10 Å². The number of piperidine rings is 1. The number of aliphatic hydroxyl groups excluding tert-OH is 1. The highest BCUT2D eigenvalue weighted by atomic mass is 16.3. The van der Waals surface area contributed by atoms with Crippen LogP contribution in [0.25, 0.3) is 0 Å². The first-order valence-electron chi connectivity index (χ1n) is 11.2. The average Bonchev–Trinajstić information content (AvgIpc) is 2.96. The molecule has 0 saturated carbocycles. The molecular weight excluding hydrogens is 380 g/mol. The molecule has 2 amide bonds. The zero-order valence-corrected chi connectivity index (χ0v) is 17.8. The van der Waals surface area contributed by atoms with Crippen molar-refractivity contribution in [2.75, 3.05) is 46.3 Å². The summed E-state index contributed by atoms with van der Waals surface area (Å²) < 4.78 is 0. The van der Waals surface area contributed by atoms with Crippen molar-refractivity contribution in [3.8, 4) is 0 Å². The molecule has 3 heterocycles. The van der Waals surface area contributed by atoms with E-state index >= 15 is 0 Å². The summed E-state index contributed by atoms with van der Waals surface area (Å²) in [7, 11) is 2.11. The van der Waals surface area contributed by atoms with Crippen LogP contribution in [-0.4, -0.2) is 90.1 Å². The zero-order valence-electron chi connectivity index (χ0n) is 17.8. The lowest BCUT2D eigenvalue weighted by molar-refractivity contribution is -0.138. The Morgan fingerprint density at radius 3 is 2.60 bits per heavy atom. The third kappa shape index (κ3) is 4.38. The maximum Gasteiger partial charge on any atom is 0.231 e. The van der Waals surface area contributed by atoms with E-state index in [1.807, 2.05) is 15.9 Å². The molecule has 4 rings (SSSR count). The second-order valence-electron chi connectivity index (χ2n) is 9.28. The van der Waals surface area contributed by atoms with Gasteiger partial charge < -0.3 is 20.6 Å². The molecular formula is C23H34N4O3. The van der Waals surface area contributed by atoms with Gasteiger partial charge in [0, 0.05) is 44.1 Å². The number of amides is 2. The lowest BCUT2D eigenvalue weighted by atomic mass is 9.81. The van der Waals surface area contributed by atoms with Gasteiger partial charge in [0.05, 0.1) is 18.6 Å². The summed E-state index contributed by atoms with van der Waals surface area (Å²) in [4.78, 5) is 30.9. The van der Waals surface area contributed by atoms with Crippen LogP contribution >= 0.6 is 0 Å². The SMILES string of the molecule is CN1C[C@@H](c2ccccc2)[C@@H]2[C@H](O)CCN(C(=O)C3CCCN(CC(N)=O)C3)C[C@H]21. The van der Waals surface area contributed by atoms with Crippen molar-refractivity contribution in [2.24, 2.45) is 17.6 Å². The molecule has 5 atom stereocenters. The number of carbonyl (C=O) groups excluding carboxylic acids is 2. The van der Waals surface area contributed by atoms with Gasteiger partial charge in [0.2, 0.25) is 11.8 Å². The molecule has 1 aromatic rings. The van der Waals surface area contributed by atoms with Crippen molar-refractivity contribution < 1.29 is 14.7 Å². The van der Waals surface area contributed by atoms with Crippen molar-refractivity contribution in [3.05, 3.63) is 35.9 Å². The third-order valence-corrected chi connectivity index (χ3v) is 7.28. The summed E-state index contributed by atoms with van der Waals surface area (Å²) in [6, 6.07) is 10.6. The van der Waals surface area contributed by atoms with Crippen molar-refractivity contribution in [1.82, 2.24) is 14.7 Å². The number of carbonyl (C=O) groups is 2. The number of primary amides is 1. The van der Waals surface area contributed by atoms with Crippen LogP contribution in [0.4, 0.5) is 0 Å². The van der Waals surface area contributed by atoms with Crippen LogP contribution in [0.1, 0.15) is 30.7 Å². The predicted molar refractivity (Wildman–Crippen MR) is 115 cm³/mol. The van der Waals surface area contributed by atoms with E-state index in [2.05, 4.69) is 36.2 Å². The molecule has 164 valence electrons. The van der Waals surface area contributed by atoms with E-state index in [9.17, 15) is 14.7 Å². The van der Waals surface area contributed by atoms with E-state index in [-0.39, 0.29) is 42.2 Å². The molecule has 0 bridgehead atoms. The zero-order chi connectivity index (χ0) is 21.3.